The third-order valence-corrected chi connectivity index (χ3v) is 5.21. The van der Waals surface area contributed by atoms with Gasteiger partial charge in [-0.15, -0.1) is 11.3 Å². The summed E-state index contributed by atoms with van der Waals surface area (Å²) in [7, 11) is 0. The van der Waals surface area contributed by atoms with Gasteiger partial charge in [0.05, 0.1) is 8.66 Å². The Balaban J connectivity index is 2.62. The Morgan fingerprint density at radius 3 is 2.57 bits per heavy atom. The van der Waals surface area contributed by atoms with Gasteiger partial charge in [-0.1, -0.05) is 20.8 Å². The summed E-state index contributed by atoms with van der Waals surface area (Å²) in [6, 6.07) is 0. The summed E-state index contributed by atoms with van der Waals surface area (Å²) in [5, 5.41) is 0. The summed E-state index contributed by atoms with van der Waals surface area (Å²) in [6.45, 7) is 6.34. The van der Waals surface area contributed by atoms with E-state index in [1.54, 1.807) is 11.3 Å². The van der Waals surface area contributed by atoms with Crippen molar-refractivity contribution in [1.29, 1.82) is 0 Å². The van der Waals surface area contributed by atoms with E-state index in [0.717, 1.165) is 15.1 Å². The lowest BCUT2D eigenvalue weighted by Gasteiger charge is -2.10. The number of halogens is 1. The predicted octanol–water partition coefficient (Wildman–Crippen LogP) is 4.01. The number of fused-ring (bicyclic) bond motifs is 1. The molecule has 2 atom stereocenters. The Hall–Kier alpha value is -0.150. The number of ketones is 1. The van der Waals surface area contributed by atoms with Crippen LogP contribution in [0, 0.1) is 5.92 Å². The van der Waals surface area contributed by atoms with E-state index in [1.807, 2.05) is 6.92 Å². The maximum Gasteiger partial charge on any atom is 0.176 e. The van der Waals surface area contributed by atoms with Gasteiger partial charge in [-0.05, 0) is 39.4 Å². The van der Waals surface area contributed by atoms with Gasteiger partial charge >= 0.3 is 0 Å². The second-order valence-electron chi connectivity index (χ2n) is 3.89. The van der Waals surface area contributed by atoms with E-state index in [4.69, 9.17) is 0 Å². The summed E-state index contributed by atoms with van der Waals surface area (Å²) in [4.78, 5) is 12.9. The van der Waals surface area contributed by atoms with Gasteiger partial charge in [0.2, 0.25) is 0 Å². The maximum absolute atomic E-state index is 11.9. The smallest absolute Gasteiger partial charge is 0.176 e. The van der Waals surface area contributed by atoms with Crippen LogP contribution in [0.3, 0.4) is 0 Å². The standard InChI is InChI=1S/C11H13BrOS/c1-4-7-8-5(2)6(3)9(13)10(8)14-11(7)12/h5-6H,4H2,1-3H3. The predicted molar refractivity (Wildman–Crippen MR) is 63.3 cm³/mol. The van der Waals surface area contributed by atoms with Gasteiger partial charge in [0.1, 0.15) is 0 Å². The number of carbonyl (C=O) groups excluding carboxylic acids is 1. The van der Waals surface area contributed by atoms with E-state index in [9.17, 15) is 4.79 Å². The molecule has 1 nitrogen and oxygen atoms in total. The average molecular weight is 273 g/mol. The van der Waals surface area contributed by atoms with E-state index in [0.29, 0.717) is 11.7 Å². The molecule has 0 aromatic carbocycles. The first kappa shape index (κ1) is 10.4. The molecule has 0 saturated carbocycles. The molecule has 2 unspecified atom stereocenters. The minimum absolute atomic E-state index is 0.176. The Morgan fingerprint density at radius 1 is 1.36 bits per heavy atom. The Bertz CT molecular complexity index is 394. The molecule has 3 heteroatoms. The third kappa shape index (κ3) is 1.22. The molecule has 14 heavy (non-hydrogen) atoms. The topological polar surface area (TPSA) is 17.1 Å². The first-order chi connectivity index (χ1) is 6.57. The summed E-state index contributed by atoms with van der Waals surface area (Å²) in [5.41, 5.74) is 2.65. The molecule has 2 rings (SSSR count). The molecule has 0 aliphatic heterocycles. The SMILES string of the molecule is CCc1c(Br)sc2c1C(C)C(C)C2=O. The van der Waals surface area contributed by atoms with Crippen LogP contribution in [0.5, 0.6) is 0 Å². The summed E-state index contributed by atoms with van der Waals surface area (Å²) >= 11 is 5.15. The zero-order chi connectivity index (χ0) is 10.5. The van der Waals surface area contributed by atoms with Gasteiger partial charge < -0.3 is 0 Å². The van der Waals surface area contributed by atoms with Crippen molar-refractivity contribution < 1.29 is 4.79 Å². The minimum Gasteiger partial charge on any atom is -0.293 e. The van der Waals surface area contributed by atoms with Crippen molar-refractivity contribution in [1.82, 2.24) is 0 Å². The molecule has 1 heterocycles. The lowest BCUT2D eigenvalue weighted by Crippen LogP contribution is -2.06. The fraction of sp³-hybridized carbons (Fsp3) is 0.545. The first-order valence-corrected chi connectivity index (χ1v) is 6.54. The van der Waals surface area contributed by atoms with Crippen molar-refractivity contribution in [2.24, 2.45) is 5.92 Å². The zero-order valence-corrected chi connectivity index (χ0v) is 11.0. The van der Waals surface area contributed by atoms with E-state index in [1.165, 1.54) is 11.1 Å². The highest BCUT2D eigenvalue weighted by Gasteiger charge is 2.37. The van der Waals surface area contributed by atoms with Crippen LogP contribution in [-0.4, -0.2) is 5.78 Å². The number of Topliss-reactive ketones (excluding diaryl/α,β-unsaturated/α-hetero) is 1. The molecule has 0 bridgehead atoms. The second-order valence-corrected chi connectivity index (χ2v) is 6.23. The Kier molecular flexibility index (Phi) is 2.56. The van der Waals surface area contributed by atoms with Crippen LogP contribution in [-0.2, 0) is 6.42 Å². The van der Waals surface area contributed by atoms with Crippen molar-refractivity contribution in [2.45, 2.75) is 33.1 Å². The normalized spacial score (nSPS) is 25.6. The van der Waals surface area contributed by atoms with E-state index in [-0.39, 0.29) is 5.92 Å². The van der Waals surface area contributed by atoms with Crippen LogP contribution in [0.4, 0.5) is 0 Å². The first-order valence-electron chi connectivity index (χ1n) is 4.93. The number of rotatable bonds is 1. The van der Waals surface area contributed by atoms with E-state index >= 15 is 0 Å². The third-order valence-electron chi connectivity index (χ3n) is 3.19. The number of hydrogen-bond acceptors (Lipinski definition) is 2. The van der Waals surface area contributed by atoms with Gasteiger partial charge in [0.25, 0.3) is 0 Å². The maximum atomic E-state index is 11.9. The molecule has 0 radical (unpaired) electrons. The molecule has 1 aromatic rings. The number of carbonyl (C=O) groups is 1. The van der Waals surface area contributed by atoms with Gasteiger partial charge in [-0.3, -0.25) is 4.79 Å². The van der Waals surface area contributed by atoms with Gasteiger partial charge in [-0.2, -0.15) is 0 Å². The van der Waals surface area contributed by atoms with Gasteiger partial charge in [-0.25, -0.2) is 0 Å². The van der Waals surface area contributed by atoms with Crippen molar-refractivity contribution in [3.63, 3.8) is 0 Å². The van der Waals surface area contributed by atoms with Gasteiger partial charge in [0, 0.05) is 5.92 Å². The highest BCUT2D eigenvalue weighted by molar-refractivity contribution is 9.11. The second kappa shape index (κ2) is 3.46. The lowest BCUT2D eigenvalue weighted by molar-refractivity contribution is 0.0940. The van der Waals surface area contributed by atoms with E-state index in [2.05, 4.69) is 29.8 Å². The molecule has 0 spiro atoms. The van der Waals surface area contributed by atoms with Crippen LogP contribution in [0.25, 0.3) is 0 Å². The molecule has 1 aliphatic carbocycles. The molecule has 0 amide bonds. The van der Waals surface area contributed by atoms with Crippen LogP contribution in [0.2, 0.25) is 0 Å². The van der Waals surface area contributed by atoms with Crippen LogP contribution in [0.15, 0.2) is 3.79 Å². The average Bonchev–Trinajstić information content (AvgIpc) is 2.59. The molecule has 1 aliphatic rings. The van der Waals surface area contributed by atoms with Gasteiger partial charge in [0.15, 0.2) is 5.78 Å². The molecule has 0 saturated heterocycles. The lowest BCUT2D eigenvalue weighted by atomic mass is 9.93. The van der Waals surface area contributed by atoms with E-state index < -0.39 is 0 Å². The minimum atomic E-state index is 0.176. The van der Waals surface area contributed by atoms with Crippen molar-refractivity contribution >= 4 is 33.0 Å². The zero-order valence-electron chi connectivity index (χ0n) is 8.56. The van der Waals surface area contributed by atoms with Crippen molar-refractivity contribution in [3.8, 4) is 0 Å². The molecule has 1 aromatic heterocycles. The van der Waals surface area contributed by atoms with Crippen molar-refractivity contribution in [3.05, 3.63) is 19.8 Å². The summed E-state index contributed by atoms with van der Waals surface area (Å²) in [5.74, 6) is 0.905. The molecular weight excluding hydrogens is 260 g/mol. The molecular formula is C11H13BrOS. The van der Waals surface area contributed by atoms with Crippen LogP contribution >= 0.6 is 27.3 Å². The fourth-order valence-corrected chi connectivity index (χ4v) is 4.37. The highest BCUT2D eigenvalue weighted by atomic mass is 79.9. The largest absolute Gasteiger partial charge is 0.293 e. The van der Waals surface area contributed by atoms with Crippen molar-refractivity contribution in [2.75, 3.05) is 0 Å². The quantitative estimate of drug-likeness (QED) is 0.755. The van der Waals surface area contributed by atoms with Crippen LogP contribution in [0.1, 0.15) is 47.5 Å². The highest BCUT2D eigenvalue weighted by Crippen LogP contribution is 2.46. The monoisotopic (exact) mass is 272 g/mol. The molecule has 0 N–H and O–H groups in total. The summed E-state index contributed by atoms with van der Waals surface area (Å²) in [6.07, 6.45) is 1.01. The molecule has 76 valence electrons. The van der Waals surface area contributed by atoms with Crippen LogP contribution < -0.4 is 0 Å². The Labute approximate surface area is 96.6 Å². The molecule has 0 fully saturated rings. The Morgan fingerprint density at radius 2 is 2.00 bits per heavy atom. The number of thiophene rings is 1. The fourth-order valence-electron chi connectivity index (χ4n) is 2.13. The number of hydrogen-bond donors (Lipinski definition) is 0. The summed E-state index contributed by atoms with van der Waals surface area (Å²) < 4.78 is 1.15.